The van der Waals surface area contributed by atoms with Crippen molar-refractivity contribution in [3.05, 3.63) is 24.0 Å². The van der Waals surface area contributed by atoms with Crippen LogP contribution in [0.1, 0.15) is 13.8 Å². The van der Waals surface area contributed by atoms with Gasteiger partial charge in [0.2, 0.25) is 5.91 Å². The number of aromatic amines is 1. The Morgan fingerprint density at radius 2 is 2.12 bits per heavy atom. The van der Waals surface area contributed by atoms with E-state index in [9.17, 15) is 4.79 Å². The topological polar surface area (TPSA) is 90.9 Å². The average Bonchev–Trinajstić information content (AvgIpc) is 3.27. The molecule has 0 bridgehead atoms. The fourth-order valence-electron chi connectivity index (χ4n) is 2.80. The third-order valence-corrected chi connectivity index (χ3v) is 5.00. The molecule has 0 unspecified atom stereocenters. The summed E-state index contributed by atoms with van der Waals surface area (Å²) in [6.07, 6.45) is 5.15. The van der Waals surface area contributed by atoms with E-state index in [1.165, 1.54) is 11.3 Å². The second-order valence-corrected chi connectivity index (χ2v) is 6.97. The monoisotopic (exact) mass is 355 g/mol. The third kappa shape index (κ3) is 2.56. The molecule has 9 heteroatoms. The van der Waals surface area contributed by atoms with Crippen LogP contribution in [0.4, 0.5) is 11.5 Å². The Kier molecular flexibility index (Phi) is 3.72. The van der Waals surface area contributed by atoms with E-state index in [0.717, 1.165) is 22.1 Å². The van der Waals surface area contributed by atoms with Crippen LogP contribution < -0.4 is 9.80 Å². The fourth-order valence-corrected chi connectivity index (χ4v) is 3.44. The molecule has 0 atom stereocenters. The van der Waals surface area contributed by atoms with Crippen LogP contribution >= 0.6 is 11.3 Å². The van der Waals surface area contributed by atoms with Gasteiger partial charge in [-0.1, -0.05) is 0 Å². The predicted molar refractivity (Wildman–Crippen MR) is 96.6 cm³/mol. The summed E-state index contributed by atoms with van der Waals surface area (Å²) in [6.45, 7) is 4.40. The van der Waals surface area contributed by atoms with Gasteiger partial charge in [-0.05, 0) is 13.8 Å². The number of thiazole rings is 1. The molecule has 128 valence electrons. The SMILES string of the molecule is CC(C)N1CC(=O)N(C)c2cnc(-c3cn[nH]c3-c3nccs3)nc21. The highest BCUT2D eigenvalue weighted by molar-refractivity contribution is 7.13. The molecule has 4 heterocycles. The van der Waals surface area contributed by atoms with Crippen molar-refractivity contribution in [2.24, 2.45) is 0 Å². The zero-order valence-electron chi connectivity index (χ0n) is 14.1. The van der Waals surface area contributed by atoms with E-state index in [-0.39, 0.29) is 11.9 Å². The molecule has 0 saturated heterocycles. The van der Waals surface area contributed by atoms with Crippen molar-refractivity contribution in [2.75, 3.05) is 23.4 Å². The van der Waals surface area contributed by atoms with Crippen molar-refractivity contribution < 1.29 is 4.79 Å². The molecule has 1 aliphatic heterocycles. The minimum Gasteiger partial charge on any atom is -0.343 e. The van der Waals surface area contributed by atoms with Gasteiger partial charge in [0.1, 0.15) is 16.4 Å². The van der Waals surface area contributed by atoms with Gasteiger partial charge in [-0.25, -0.2) is 15.0 Å². The average molecular weight is 355 g/mol. The van der Waals surface area contributed by atoms with Gasteiger partial charge in [0.15, 0.2) is 11.6 Å². The number of anilines is 2. The zero-order valence-corrected chi connectivity index (χ0v) is 14.9. The van der Waals surface area contributed by atoms with Crippen LogP contribution in [0, 0.1) is 0 Å². The molecular formula is C16H17N7OS. The molecule has 0 fully saturated rings. The van der Waals surface area contributed by atoms with E-state index in [4.69, 9.17) is 4.98 Å². The van der Waals surface area contributed by atoms with E-state index in [1.54, 1.807) is 30.5 Å². The van der Waals surface area contributed by atoms with E-state index in [1.807, 2.05) is 24.1 Å². The number of nitrogens with zero attached hydrogens (tertiary/aromatic N) is 6. The molecular weight excluding hydrogens is 338 g/mol. The Morgan fingerprint density at radius 1 is 1.28 bits per heavy atom. The number of carbonyl (C=O) groups is 1. The summed E-state index contributed by atoms with van der Waals surface area (Å²) in [5.41, 5.74) is 2.31. The Hall–Kier alpha value is -2.81. The van der Waals surface area contributed by atoms with Gasteiger partial charge in [0, 0.05) is 24.7 Å². The molecule has 25 heavy (non-hydrogen) atoms. The molecule has 1 aliphatic rings. The summed E-state index contributed by atoms with van der Waals surface area (Å²) >= 11 is 1.52. The number of fused-ring (bicyclic) bond motifs is 1. The zero-order chi connectivity index (χ0) is 17.6. The lowest BCUT2D eigenvalue weighted by Crippen LogP contribution is -2.47. The number of hydrogen-bond donors (Lipinski definition) is 1. The number of likely N-dealkylation sites (N-methyl/N-ethyl adjacent to an activating group) is 1. The molecule has 4 rings (SSSR count). The summed E-state index contributed by atoms with van der Waals surface area (Å²) in [6, 6.07) is 0.155. The van der Waals surface area contributed by atoms with Crippen LogP contribution in [0.2, 0.25) is 0 Å². The normalized spacial score (nSPS) is 14.3. The van der Waals surface area contributed by atoms with Gasteiger partial charge in [-0.3, -0.25) is 9.89 Å². The standard InChI is InChI=1S/C16H17N7OS/c1-9(2)23-8-12(24)22(3)11-7-18-14(20-15(11)23)10-6-19-21-13(10)16-17-4-5-25-16/h4-7,9H,8H2,1-3H3,(H,19,21). The van der Waals surface area contributed by atoms with Gasteiger partial charge in [-0.15, -0.1) is 11.3 Å². The Balaban J connectivity index is 1.83. The summed E-state index contributed by atoms with van der Waals surface area (Å²) < 4.78 is 0. The number of rotatable bonds is 3. The van der Waals surface area contributed by atoms with Crippen LogP contribution in [0.25, 0.3) is 22.1 Å². The third-order valence-electron chi connectivity index (χ3n) is 4.21. The van der Waals surface area contributed by atoms with Gasteiger partial charge in [0.05, 0.1) is 24.5 Å². The molecule has 3 aromatic heterocycles. The predicted octanol–water partition coefficient (Wildman–Crippen LogP) is 2.18. The lowest BCUT2D eigenvalue weighted by molar-refractivity contribution is -0.117. The number of H-pyrrole nitrogens is 1. The highest BCUT2D eigenvalue weighted by atomic mass is 32.1. The Labute approximate surface area is 148 Å². The molecule has 1 amide bonds. The smallest absolute Gasteiger partial charge is 0.246 e. The lowest BCUT2D eigenvalue weighted by atomic mass is 10.2. The lowest BCUT2D eigenvalue weighted by Gasteiger charge is -2.36. The van der Waals surface area contributed by atoms with Crippen LogP contribution in [-0.4, -0.2) is 50.7 Å². The maximum absolute atomic E-state index is 12.2. The van der Waals surface area contributed by atoms with Crippen LogP contribution in [0.3, 0.4) is 0 Å². The number of nitrogens with one attached hydrogen (secondary N) is 1. The maximum Gasteiger partial charge on any atom is 0.246 e. The second-order valence-electron chi connectivity index (χ2n) is 6.07. The first-order valence-electron chi connectivity index (χ1n) is 7.90. The fraction of sp³-hybridized carbons (Fsp3) is 0.312. The highest BCUT2D eigenvalue weighted by Crippen LogP contribution is 2.35. The quantitative estimate of drug-likeness (QED) is 0.774. The molecule has 0 spiro atoms. The number of hydrogen-bond acceptors (Lipinski definition) is 7. The first kappa shape index (κ1) is 15.7. The molecule has 0 saturated carbocycles. The molecule has 0 radical (unpaired) electrons. The van der Waals surface area contributed by atoms with Gasteiger partial charge in [0.25, 0.3) is 0 Å². The van der Waals surface area contributed by atoms with E-state index in [2.05, 4.69) is 20.2 Å². The van der Waals surface area contributed by atoms with Crippen LogP contribution in [-0.2, 0) is 4.79 Å². The van der Waals surface area contributed by atoms with Crippen molar-refractivity contribution in [1.29, 1.82) is 0 Å². The van der Waals surface area contributed by atoms with Crippen molar-refractivity contribution in [2.45, 2.75) is 19.9 Å². The van der Waals surface area contributed by atoms with Gasteiger partial charge in [-0.2, -0.15) is 5.10 Å². The summed E-state index contributed by atoms with van der Waals surface area (Å²) in [5.74, 6) is 1.35. The van der Waals surface area contributed by atoms with Gasteiger partial charge >= 0.3 is 0 Å². The Bertz CT molecular complexity index is 918. The first-order valence-corrected chi connectivity index (χ1v) is 8.78. The van der Waals surface area contributed by atoms with Crippen LogP contribution in [0.5, 0.6) is 0 Å². The largest absolute Gasteiger partial charge is 0.343 e. The molecule has 8 nitrogen and oxygen atoms in total. The summed E-state index contributed by atoms with van der Waals surface area (Å²) in [4.78, 5) is 29.3. The Morgan fingerprint density at radius 3 is 2.84 bits per heavy atom. The van der Waals surface area contributed by atoms with E-state index < -0.39 is 0 Å². The van der Waals surface area contributed by atoms with Crippen LogP contribution in [0.15, 0.2) is 24.0 Å². The minimum atomic E-state index is 0.0318. The molecule has 0 aliphatic carbocycles. The minimum absolute atomic E-state index is 0.0318. The highest BCUT2D eigenvalue weighted by Gasteiger charge is 2.30. The summed E-state index contributed by atoms with van der Waals surface area (Å²) in [5, 5.41) is 9.85. The number of aromatic nitrogens is 5. The second kappa shape index (κ2) is 5.92. The van der Waals surface area contributed by atoms with E-state index >= 15 is 0 Å². The number of amides is 1. The summed E-state index contributed by atoms with van der Waals surface area (Å²) in [7, 11) is 1.75. The van der Waals surface area contributed by atoms with Crippen molar-refractivity contribution in [1.82, 2.24) is 25.1 Å². The van der Waals surface area contributed by atoms with E-state index in [0.29, 0.717) is 18.1 Å². The molecule has 1 N–H and O–H groups in total. The first-order chi connectivity index (χ1) is 12.1. The van der Waals surface area contributed by atoms with Gasteiger partial charge < -0.3 is 9.80 Å². The number of carbonyl (C=O) groups excluding carboxylic acids is 1. The van der Waals surface area contributed by atoms with Crippen molar-refractivity contribution in [3.63, 3.8) is 0 Å². The van der Waals surface area contributed by atoms with Crippen molar-refractivity contribution in [3.8, 4) is 22.1 Å². The molecule has 0 aromatic carbocycles. The molecule has 3 aromatic rings. The maximum atomic E-state index is 12.2. The van der Waals surface area contributed by atoms with Crippen molar-refractivity contribution >= 4 is 28.7 Å².